The van der Waals surface area contributed by atoms with Crippen LogP contribution in [0.2, 0.25) is 0 Å². The maximum atomic E-state index is 12.5. The number of ketones is 1. The van der Waals surface area contributed by atoms with Gasteiger partial charge in [-0.3, -0.25) is 4.79 Å². The van der Waals surface area contributed by atoms with Gasteiger partial charge in [0.25, 0.3) is 0 Å². The molecule has 2 aromatic rings. The molecule has 1 heterocycles. The Kier molecular flexibility index (Phi) is 5.77. The molecule has 0 radical (unpaired) electrons. The largest absolute Gasteiger partial charge is 0.493 e. The van der Waals surface area contributed by atoms with Crippen LogP contribution >= 0.6 is 11.3 Å². The Bertz CT molecular complexity index is 821. The van der Waals surface area contributed by atoms with Gasteiger partial charge < -0.3 is 9.47 Å². The Morgan fingerprint density at radius 3 is 2.81 bits per heavy atom. The molecule has 4 nitrogen and oxygen atoms in total. The number of benzene rings is 1. The lowest BCUT2D eigenvalue weighted by atomic mass is 9.90. The smallest absolute Gasteiger partial charge is 0.348 e. The van der Waals surface area contributed by atoms with Gasteiger partial charge in [-0.1, -0.05) is 6.92 Å². The summed E-state index contributed by atoms with van der Waals surface area (Å²) in [5.74, 6) is 0.974. The summed E-state index contributed by atoms with van der Waals surface area (Å²) < 4.78 is 11.1. The van der Waals surface area contributed by atoms with Crippen LogP contribution < -0.4 is 4.74 Å². The minimum atomic E-state index is -0.312. The number of fused-ring (bicyclic) bond motifs is 1. The standard InChI is InChI=1S/C21H24O4S/c1-4-24-18-7-6-15(14(3)22)10-17(18)12-25-21(23)20-11-16-9-13(2)5-8-19(16)26-20/h6-7,10-11,13H,4-5,8-9,12H2,1-3H3. The van der Waals surface area contributed by atoms with Crippen molar-refractivity contribution in [1.82, 2.24) is 0 Å². The van der Waals surface area contributed by atoms with Crippen molar-refractivity contribution < 1.29 is 19.1 Å². The van der Waals surface area contributed by atoms with Gasteiger partial charge in [0.2, 0.25) is 0 Å². The van der Waals surface area contributed by atoms with Crippen LogP contribution in [0.4, 0.5) is 0 Å². The first-order chi connectivity index (χ1) is 12.5. The molecule has 0 spiro atoms. The molecule has 0 aliphatic heterocycles. The quantitative estimate of drug-likeness (QED) is 0.538. The van der Waals surface area contributed by atoms with Gasteiger partial charge in [0, 0.05) is 16.0 Å². The average molecular weight is 372 g/mol. The zero-order valence-corrected chi connectivity index (χ0v) is 16.3. The fourth-order valence-electron chi connectivity index (χ4n) is 3.23. The summed E-state index contributed by atoms with van der Waals surface area (Å²) in [6.07, 6.45) is 3.26. The van der Waals surface area contributed by atoms with Crippen LogP contribution in [0.25, 0.3) is 0 Å². The van der Waals surface area contributed by atoms with Crippen LogP contribution in [0, 0.1) is 5.92 Å². The van der Waals surface area contributed by atoms with Gasteiger partial charge in [-0.15, -0.1) is 11.3 Å². The third kappa shape index (κ3) is 4.15. The predicted molar refractivity (Wildman–Crippen MR) is 102 cm³/mol. The van der Waals surface area contributed by atoms with Crippen molar-refractivity contribution in [3.63, 3.8) is 0 Å². The van der Waals surface area contributed by atoms with Crippen molar-refractivity contribution in [2.45, 2.75) is 46.6 Å². The Balaban J connectivity index is 1.73. The first-order valence-corrected chi connectivity index (χ1v) is 9.85. The van der Waals surface area contributed by atoms with E-state index >= 15 is 0 Å². The molecular formula is C21H24O4S. The first kappa shape index (κ1) is 18.6. The second-order valence-electron chi connectivity index (χ2n) is 6.79. The molecule has 1 aromatic carbocycles. The van der Waals surface area contributed by atoms with Gasteiger partial charge in [0.1, 0.15) is 17.2 Å². The molecule has 1 aliphatic carbocycles. The van der Waals surface area contributed by atoms with E-state index in [1.54, 1.807) is 29.5 Å². The van der Waals surface area contributed by atoms with Crippen molar-refractivity contribution in [3.05, 3.63) is 50.7 Å². The van der Waals surface area contributed by atoms with E-state index < -0.39 is 0 Å². The highest BCUT2D eigenvalue weighted by Crippen LogP contribution is 2.32. The lowest BCUT2D eigenvalue weighted by Gasteiger charge is -2.16. The second-order valence-corrected chi connectivity index (χ2v) is 7.93. The highest BCUT2D eigenvalue weighted by atomic mass is 32.1. The molecule has 0 saturated heterocycles. The number of carbonyl (C=O) groups is 2. The van der Waals surface area contributed by atoms with E-state index in [0.717, 1.165) is 12.8 Å². The van der Waals surface area contributed by atoms with E-state index in [1.807, 2.05) is 13.0 Å². The number of Topliss-reactive ketones (excluding diaryl/α,β-unsaturated/α-hetero) is 1. The average Bonchev–Trinajstić information content (AvgIpc) is 3.03. The van der Waals surface area contributed by atoms with Crippen molar-refractivity contribution >= 4 is 23.1 Å². The van der Waals surface area contributed by atoms with Crippen molar-refractivity contribution in [3.8, 4) is 5.75 Å². The molecule has 3 rings (SSSR count). The summed E-state index contributed by atoms with van der Waals surface area (Å²) >= 11 is 1.54. The third-order valence-corrected chi connectivity index (χ3v) is 5.87. The highest BCUT2D eigenvalue weighted by Gasteiger charge is 2.21. The summed E-state index contributed by atoms with van der Waals surface area (Å²) in [7, 11) is 0. The molecule has 0 amide bonds. The van der Waals surface area contributed by atoms with E-state index in [4.69, 9.17) is 9.47 Å². The van der Waals surface area contributed by atoms with Gasteiger partial charge in [-0.2, -0.15) is 0 Å². The van der Waals surface area contributed by atoms with Crippen LogP contribution in [0.5, 0.6) is 5.75 Å². The van der Waals surface area contributed by atoms with Crippen LogP contribution in [-0.2, 0) is 24.2 Å². The van der Waals surface area contributed by atoms with Crippen LogP contribution in [-0.4, -0.2) is 18.4 Å². The fraction of sp³-hybridized carbons (Fsp3) is 0.429. The normalized spacial score (nSPS) is 16.0. The topological polar surface area (TPSA) is 52.6 Å². The maximum Gasteiger partial charge on any atom is 0.348 e. The minimum absolute atomic E-state index is 0.0272. The molecule has 0 fully saturated rings. The Morgan fingerprint density at radius 1 is 1.27 bits per heavy atom. The number of rotatable bonds is 6. The number of ether oxygens (including phenoxy) is 2. The minimum Gasteiger partial charge on any atom is -0.493 e. The van der Waals surface area contributed by atoms with Gasteiger partial charge >= 0.3 is 5.97 Å². The first-order valence-electron chi connectivity index (χ1n) is 9.03. The fourth-order valence-corrected chi connectivity index (χ4v) is 4.33. The highest BCUT2D eigenvalue weighted by molar-refractivity contribution is 7.14. The zero-order chi connectivity index (χ0) is 18.7. The van der Waals surface area contributed by atoms with E-state index in [1.165, 1.54) is 23.8 Å². The van der Waals surface area contributed by atoms with Crippen LogP contribution in [0.1, 0.15) is 63.2 Å². The van der Waals surface area contributed by atoms with Crippen LogP contribution in [0.15, 0.2) is 24.3 Å². The molecule has 26 heavy (non-hydrogen) atoms. The maximum absolute atomic E-state index is 12.5. The number of carbonyl (C=O) groups excluding carboxylic acids is 2. The van der Waals surface area contributed by atoms with E-state index in [2.05, 4.69) is 6.92 Å². The lowest BCUT2D eigenvalue weighted by Crippen LogP contribution is -2.08. The van der Waals surface area contributed by atoms with E-state index in [-0.39, 0.29) is 18.4 Å². The lowest BCUT2D eigenvalue weighted by molar-refractivity contribution is 0.0475. The van der Waals surface area contributed by atoms with Crippen molar-refractivity contribution in [1.29, 1.82) is 0 Å². The summed E-state index contributed by atoms with van der Waals surface area (Å²) in [5, 5.41) is 0. The Morgan fingerprint density at radius 2 is 2.08 bits per heavy atom. The van der Waals surface area contributed by atoms with Gasteiger partial charge in [0.05, 0.1) is 6.61 Å². The van der Waals surface area contributed by atoms with Gasteiger partial charge in [-0.25, -0.2) is 4.79 Å². The molecule has 1 atom stereocenters. The molecule has 0 N–H and O–H groups in total. The second kappa shape index (κ2) is 8.04. The molecule has 1 aromatic heterocycles. The van der Waals surface area contributed by atoms with Gasteiger partial charge in [0.15, 0.2) is 5.78 Å². The summed E-state index contributed by atoms with van der Waals surface area (Å²) in [5.41, 5.74) is 2.58. The monoisotopic (exact) mass is 372 g/mol. The molecule has 0 saturated carbocycles. The third-order valence-electron chi connectivity index (χ3n) is 4.66. The Hall–Kier alpha value is -2.14. The number of esters is 1. The summed E-state index contributed by atoms with van der Waals surface area (Å²) in [6.45, 7) is 6.26. The van der Waals surface area contributed by atoms with Crippen molar-refractivity contribution in [2.24, 2.45) is 5.92 Å². The number of hydrogen-bond acceptors (Lipinski definition) is 5. The van der Waals surface area contributed by atoms with Crippen LogP contribution in [0.3, 0.4) is 0 Å². The predicted octanol–water partition coefficient (Wildman–Crippen LogP) is 4.83. The summed E-state index contributed by atoms with van der Waals surface area (Å²) in [4.78, 5) is 26.1. The van der Waals surface area contributed by atoms with E-state index in [0.29, 0.717) is 34.3 Å². The number of thiophene rings is 1. The Labute approximate surface area is 158 Å². The zero-order valence-electron chi connectivity index (χ0n) is 15.5. The molecule has 138 valence electrons. The molecular weight excluding hydrogens is 348 g/mol. The van der Waals surface area contributed by atoms with Crippen molar-refractivity contribution in [2.75, 3.05) is 6.61 Å². The van der Waals surface area contributed by atoms with E-state index in [9.17, 15) is 9.59 Å². The molecule has 1 unspecified atom stereocenters. The summed E-state index contributed by atoms with van der Waals surface area (Å²) in [6, 6.07) is 7.21. The number of aryl methyl sites for hydroxylation is 1. The number of hydrogen-bond donors (Lipinski definition) is 0. The van der Waals surface area contributed by atoms with Gasteiger partial charge in [-0.05, 0) is 68.9 Å². The molecule has 1 aliphatic rings. The SMILES string of the molecule is CCOc1ccc(C(C)=O)cc1COC(=O)c1cc2c(s1)CCC(C)C2. The molecule has 5 heteroatoms. The molecule has 0 bridgehead atoms.